The number of benzene rings is 1. The number of carbonyl (C=O) groups is 1. The van der Waals surface area contributed by atoms with Crippen LogP contribution in [0.4, 0.5) is 0 Å². The molecule has 0 aliphatic rings. The first-order valence-electron chi connectivity index (χ1n) is 10.4. The first kappa shape index (κ1) is 23.5. The molecule has 0 saturated carbocycles. The Morgan fingerprint density at radius 1 is 1.04 bits per heavy atom. The van der Waals surface area contributed by atoms with E-state index in [1.54, 1.807) is 0 Å². The van der Waals surface area contributed by atoms with Gasteiger partial charge < -0.3 is 5.11 Å². The van der Waals surface area contributed by atoms with E-state index in [-0.39, 0.29) is 10.8 Å². The summed E-state index contributed by atoms with van der Waals surface area (Å²) in [4.78, 5) is 11.9. The van der Waals surface area contributed by atoms with Gasteiger partial charge in [0.25, 0.3) is 0 Å². The summed E-state index contributed by atoms with van der Waals surface area (Å²) in [6, 6.07) is 4.18. The molecule has 0 saturated heterocycles. The van der Waals surface area contributed by atoms with Crippen LogP contribution in [0.3, 0.4) is 0 Å². The van der Waals surface area contributed by atoms with Crippen LogP contribution in [0.2, 0.25) is 0 Å². The molecule has 0 fully saturated rings. The van der Waals surface area contributed by atoms with Crippen molar-refractivity contribution in [3.05, 3.63) is 40.0 Å². The van der Waals surface area contributed by atoms with Gasteiger partial charge in [-0.15, -0.1) is 0 Å². The molecule has 0 aromatic heterocycles. The molecule has 1 aromatic rings. The van der Waals surface area contributed by atoms with Crippen LogP contribution < -0.4 is 0 Å². The van der Waals surface area contributed by atoms with Gasteiger partial charge in [0.1, 0.15) is 12.0 Å². The fraction of sp³-hybridized carbons (Fsp3) is 0.640. The van der Waals surface area contributed by atoms with Gasteiger partial charge in [0.05, 0.1) is 0 Å². The van der Waals surface area contributed by atoms with Gasteiger partial charge in [-0.25, -0.2) is 0 Å². The Bertz CT molecular complexity index is 646. The fourth-order valence-electron chi connectivity index (χ4n) is 3.48. The van der Waals surface area contributed by atoms with E-state index >= 15 is 0 Å². The quantitative estimate of drug-likeness (QED) is 0.419. The maximum absolute atomic E-state index is 11.9. The van der Waals surface area contributed by atoms with E-state index in [9.17, 15) is 9.90 Å². The molecule has 1 aromatic carbocycles. The number of aldehydes is 1. The van der Waals surface area contributed by atoms with Crippen LogP contribution >= 0.6 is 0 Å². The minimum Gasteiger partial charge on any atom is -0.507 e. The molecule has 1 N–H and O–H groups in total. The largest absolute Gasteiger partial charge is 0.507 e. The number of phenolic OH excluding ortho intramolecular Hbond substituents is 1. The summed E-state index contributed by atoms with van der Waals surface area (Å²) in [7, 11) is 0. The van der Waals surface area contributed by atoms with Crippen LogP contribution in [-0.2, 0) is 22.0 Å². The number of rotatable bonds is 7. The van der Waals surface area contributed by atoms with Gasteiger partial charge in [-0.05, 0) is 51.9 Å². The SMILES string of the molecule is CCC(CC(C)CC)=C(C=O)Cc1cc(C(C)(C)C)c(O)c(C(C)(C)C)c1. The topological polar surface area (TPSA) is 37.3 Å². The predicted octanol–water partition coefficient (Wildman–Crippen LogP) is 6.87. The number of hydrogen-bond acceptors (Lipinski definition) is 2. The molecular formula is C25H40O2. The Morgan fingerprint density at radius 2 is 1.52 bits per heavy atom. The highest BCUT2D eigenvalue weighted by Crippen LogP contribution is 2.40. The van der Waals surface area contributed by atoms with Crippen molar-refractivity contribution in [1.82, 2.24) is 0 Å². The predicted molar refractivity (Wildman–Crippen MR) is 117 cm³/mol. The zero-order valence-electron chi connectivity index (χ0n) is 19.0. The molecule has 1 unspecified atom stereocenters. The van der Waals surface area contributed by atoms with E-state index in [0.717, 1.165) is 47.8 Å². The summed E-state index contributed by atoms with van der Waals surface area (Å²) >= 11 is 0. The minimum atomic E-state index is -0.157. The number of allylic oxidation sites excluding steroid dienone is 2. The number of aromatic hydroxyl groups is 1. The summed E-state index contributed by atoms with van der Waals surface area (Å²) in [6.07, 6.45) is 4.69. The number of carbonyl (C=O) groups excluding carboxylic acids is 1. The lowest BCUT2D eigenvalue weighted by molar-refractivity contribution is -0.105. The van der Waals surface area contributed by atoms with Crippen molar-refractivity contribution >= 4 is 6.29 Å². The van der Waals surface area contributed by atoms with Gasteiger partial charge in [0.15, 0.2) is 0 Å². The van der Waals surface area contributed by atoms with E-state index in [4.69, 9.17) is 0 Å². The number of hydrogen-bond donors (Lipinski definition) is 1. The van der Waals surface area contributed by atoms with E-state index in [1.165, 1.54) is 5.57 Å². The third kappa shape index (κ3) is 6.23. The third-order valence-electron chi connectivity index (χ3n) is 5.50. The minimum absolute atomic E-state index is 0.157. The fourth-order valence-corrected chi connectivity index (χ4v) is 3.48. The molecule has 27 heavy (non-hydrogen) atoms. The van der Waals surface area contributed by atoms with Crippen LogP contribution in [0.5, 0.6) is 5.75 Å². The van der Waals surface area contributed by atoms with Crippen molar-refractivity contribution in [2.75, 3.05) is 0 Å². The average molecular weight is 373 g/mol. The molecule has 2 nitrogen and oxygen atoms in total. The van der Waals surface area contributed by atoms with Gasteiger partial charge in [-0.2, -0.15) is 0 Å². The first-order valence-corrected chi connectivity index (χ1v) is 10.4. The summed E-state index contributed by atoms with van der Waals surface area (Å²) in [5, 5.41) is 10.9. The van der Waals surface area contributed by atoms with Crippen molar-refractivity contribution in [1.29, 1.82) is 0 Å². The molecule has 0 radical (unpaired) electrons. The summed E-state index contributed by atoms with van der Waals surface area (Å²) in [6.45, 7) is 19.3. The smallest absolute Gasteiger partial charge is 0.146 e. The van der Waals surface area contributed by atoms with E-state index in [1.807, 2.05) is 0 Å². The molecule has 2 heteroatoms. The van der Waals surface area contributed by atoms with E-state index < -0.39 is 0 Å². The Labute approximate surface area is 167 Å². The molecule has 0 heterocycles. The maximum atomic E-state index is 11.9. The molecule has 0 spiro atoms. The monoisotopic (exact) mass is 372 g/mol. The second-order valence-electron chi connectivity index (χ2n) is 10.0. The third-order valence-corrected chi connectivity index (χ3v) is 5.50. The molecule has 0 aliphatic heterocycles. The molecule has 152 valence electrons. The van der Waals surface area contributed by atoms with Gasteiger partial charge in [-0.1, -0.05) is 86.4 Å². The Balaban J connectivity index is 3.50. The highest BCUT2D eigenvalue weighted by Gasteiger charge is 2.26. The lowest BCUT2D eigenvalue weighted by Crippen LogP contribution is -2.18. The lowest BCUT2D eigenvalue weighted by atomic mass is 9.77. The Morgan fingerprint density at radius 3 is 1.85 bits per heavy atom. The highest BCUT2D eigenvalue weighted by molar-refractivity contribution is 5.75. The van der Waals surface area contributed by atoms with Crippen LogP contribution in [0, 0.1) is 5.92 Å². The van der Waals surface area contributed by atoms with Crippen molar-refractivity contribution in [2.24, 2.45) is 5.92 Å². The average Bonchev–Trinajstić information content (AvgIpc) is 2.56. The van der Waals surface area contributed by atoms with E-state index in [0.29, 0.717) is 18.1 Å². The van der Waals surface area contributed by atoms with Crippen molar-refractivity contribution in [3.8, 4) is 5.75 Å². The summed E-state index contributed by atoms with van der Waals surface area (Å²) in [5.74, 6) is 0.982. The zero-order valence-corrected chi connectivity index (χ0v) is 19.0. The van der Waals surface area contributed by atoms with Crippen molar-refractivity contribution in [3.63, 3.8) is 0 Å². The molecule has 0 bridgehead atoms. The summed E-state index contributed by atoms with van der Waals surface area (Å²) in [5.41, 5.74) is 4.88. The van der Waals surface area contributed by atoms with Gasteiger partial charge in [0.2, 0.25) is 0 Å². The normalized spacial score (nSPS) is 14.7. The van der Waals surface area contributed by atoms with E-state index in [2.05, 4.69) is 74.4 Å². The zero-order chi connectivity index (χ0) is 21.0. The Hall–Kier alpha value is -1.57. The molecule has 1 atom stereocenters. The van der Waals surface area contributed by atoms with Gasteiger partial charge in [-0.3, -0.25) is 4.79 Å². The summed E-state index contributed by atoms with van der Waals surface area (Å²) < 4.78 is 0. The molecule has 0 aliphatic carbocycles. The first-order chi connectivity index (χ1) is 12.3. The van der Waals surface area contributed by atoms with Crippen LogP contribution in [-0.4, -0.2) is 11.4 Å². The van der Waals surface area contributed by atoms with Gasteiger partial charge >= 0.3 is 0 Å². The molecular weight excluding hydrogens is 332 g/mol. The van der Waals surface area contributed by atoms with Crippen molar-refractivity contribution in [2.45, 2.75) is 98.8 Å². The second kappa shape index (κ2) is 9.08. The highest BCUT2D eigenvalue weighted by atomic mass is 16.3. The lowest BCUT2D eigenvalue weighted by Gasteiger charge is -2.28. The standard InChI is InChI=1S/C25H40O2/c1-10-17(3)12-19(11-2)20(16-26)13-18-14-21(24(4,5)6)23(27)22(15-18)25(7,8)9/h14-17,27H,10-13H2,1-9H3. The number of phenols is 1. The van der Waals surface area contributed by atoms with Crippen LogP contribution in [0.1, 0.15) is 98.3 Å². The van der Waals surface area contributed by atoms with Crippen LogP contribution in [0.15, 0.2) is 23.3 Å². The second-order valence-corrected chi connectivity index (χ2v) is 10.0. The molecule has 0 amide bonds. The molecule has 1 rings (SSSR count). The maximum Gasteiger partial charge on any atom is 0.146 e. The van der Waals surface area contributed by atoms with Gasteiger partial charge in [0, 0.05) is 6.42 Å². The van der Waals surface area contributed by atoms with Crippen molar-refractivity contribution < 1.29 is 9.90 Å². The Kier molecular flexibility index (Phi) is 7.89. The van der Waals surface area contributed by atoms with Crippen LogP contribution in [0.25, 0.3) is 0 Å².